The molecule has 0 saturated heterocycles. The molecule has 0 amide bonds. The van der Waals surface area contributed by atoms with Crippen LogP contribution in [0.1, 0.15) is 43.0 Å². The van der Waals surface area contributed by atoms with E-state index in [4.69, 9.17) is 23.0 Å². The van der Waals surface area contributed by atoms with Crippen LogP contribution in [0.2, 0.25) is 0 Å². The van der Waals surface area contributed by atoms with Crippen molar-refractivity contribution >= 4 is 8.58 Å². The Kier molecular flexibility index (Phi) is 82.5. The van der Waals surface area contributed by atoms with E-state index >= 15 is 0 Å². The molecule has 2 N–H and O–H groups in total. The standard InChI is InChI=1S/C8H19P.2FHO.4FH.O.Ti/c1-7(2,3)9-8(4,5)6;2*1-2;;;;;;/h9H,1-6H3;2*2H;4*1H;;/p+1. The Morgan fingerprint density at radius 3 is 0.842 bits per heavy atom. The third-order valence-electron chi connectivity index (χ3n) is 0.750. The summed E-state index contributed by atoms with van der Waals surface area (Å²) >= 11 is 0.750. The summed E-state index contributed by atoms with van der Waals surface area (Å²) in [4.78, 5) is 0. The van der Waals surface area contributed by atoms with Crippen molar-refractivity contribution in [2.45, 2.75) is 51.9 Å². The molecule has 0 aromatic carbocycles. The van der Waals surface area contributed by atoms with Gasteiger partial charge >= 0.3 is 25.2 Å². The van der Waals surface area contributed by atoms with Gasteiger partial charge in [-0.15, -0.1) is 8.58 Å². The van der Waals surface area contributed by atoms with Gasteiger partial charge in [-0.2, -0.15) is 0 Å². The van der Waals surface area contributed by atoms with Crippen LogP contribution in [-0.4, -0.2) is 20.9 Å². The molecular weight excluding hydrogens is 337 g/mol. The Bertz CT molecular complexity index is 118. The van der Waals surface area contributed by atoms with Crippen LogP contribution in [0.25, 0.3) is 0 Å². The zero-order chi connectivity index (χ0) is 13.7. The molecule has 0 aromatic rings. The first kappa shape index (κ1) is 50.5. The van der Waals surface area contributed by atoms with Crippen LogP contribution in [0.5, 0.6) is 0 Å². The molecule has 0 unspecified atom stereocenters. The van der Waals surface area contributed by atoms with Crippen molar-refractivity contribution in [3.8, 4) is 0 Å². The van der Waals surface area contributed by atoms with Gasteiger partial charge < -0.3 is 0 Å². The number of hydrogen-bond acceptors (Lipinski definition) is 3. The van der Waals surface area contributed by atoms with Crippen LogP contribution in [0.15, 0.2) is 0 Å². The summed E-state index contributed by atoms with van der Waals surface area (Å²) < 4.78 is 25.2. The SMILES string of the molecule is CC(C)(C)PC(C)(C)C.F.F.F.F.OF.OF.[H+].[O]=[Ti]. The van der Waals surface area contributed by atoms with Gasteiger partial charge in [0.15, 0.2) is 0 Å². The summed E-state index contributed by atoms with van der Waals surface area (Å²) in [5.41, 5.74) is 0. The zero-order valence-corrected chi connectivity index (χ0v) is 14.3. The summed E-state index contributed by atoms with van der Waals surface area (Å²) in [6.45, 7) is 13.8. The van der Waals surface area contributed by atoms with E-state index in [1.54, 1.807) is 0 Å². The summed E-state index contributed by atoms with van der Waals surface area (Å²) in [5.74, 6) is 0. The third-order valence-corrected chi connectivity index (χ3v) is 2.25. The predicted octanol–water partition coefficient (Wildman–Crippen LogP) is 3.59. The zero-order valence-electron chi connectivity index (χ0n) is 12.7. The van der Waals surface area contributed by atoms with Gasteiger partial charge in [-0.1, -0.05) is 50.6 Å². The molecule has 3 nitrogen and oxygen atoms in total. The van der Waals surface area contributed by atoms with E-state index in [-0.39, 0.29) is 20.2 Å². The van der Waals surface area contributed by atoms with Crippen LogP contribution in [-0.2, 0) is 23.7 Å². The Balaban J connectivity index is -0.0000000140. The molecule has 126 valence electrons. The van der Waals surface area contributed by atoms with E-state index in [1.165, 1.54) is 0 Å². The van der Waals surface area contributed by atoms with E-state index in [0.717, 1.165) is 29.0 Å². The fraction of sp³-hybridized carbons (Fsp3) is 1.00. The van der Waals surface area contributed by atoms with Gasteiger partial charge in [0.2, 0.25) is 0 Å². The number of halogens is 6. The van der Waals surface area contributed by atoms with Gasteiger partial charge in [-0.05, 0) is 10.3 Å². The normalized spacial score (nSPS) is 7.42. The fourth-order valence-corrected chi connectivity index (χ4v) is 3.38. The summed E-state index contributed by atoms with van der Waals surface area (Å²) in [7, 11) is 1.05. The average molecular weight is 363 g/mol. The minimum atomic E-state index is 0. The molecule has 0 rings (SSSR count). The molecule has 0 saturated carbocycles. The molecule has 0 fully saturated rings. The van der Waals surface area contributed by atoms with Crippen LogP contribution in [0, 0.1) is 0 Å². The Morgan fingerprint density at radius 1 is 0.737 bits per heavy atom. The van der Waals surface area contributed by atoms with Gasteiger partial charge in [-0.25, -0.2) is 10.6 Å². The van der Waals surface area contributed by atoms with Crippen molar-refractivity contribution in [2.24, 2.45) is 0 Å². The van der Waals surface area contributed by atoms with Crippen LogP contribution < -0.4 is 0 Å². The van der Waals surface area contributed by atoms with Gasteiger partial charge in [0.05, 0.1) is 0 Å². The molecule has 0 aliphatic heterocycles. The molecule has 0 spiro atoms. The first-order valence-corrected chi connectivity index (χ1v) is 5.68. The maximum atomic E-state index is 8.50. The van der Waals surface area contributed by atoms with Crippen molar-refractivity contribution in [1.29, 1.82) is 0 Å². The van der Waals surface area contributed by atoms with E-state index < -0.39 is 0 Å². The predicted molar refractivity (Wildman–Crippen MR) is 66.3 cm³/mol. The van der Waals surface area contributed by atoms with Gasteiger partial charge in [0.1, 0.15) is 0 Å². The van der Waals surface area contributed by atoms with E-state index in [1.807, 2.05) is 0 Å². The molecule has 0 atom stereocenters. The monoisotopic (exact) mass is 363 g/mol. The summed E-state index contributed by atoms with van der Waals surface area (Å²) in [6.07, 6.45) is 0. The molecule has 0 radical (unpaired) electrons. The second kappa shape index (κ2) is 31.1. The fourth-order valence-electron chi connectivity index (χ4n) is 1.12. The molecule has 0 aliphatic carbocycles. The maximum absolute atomic E-state index is 8.50. The van der Waals surface area contributed by atoms with Gasteiger partial charge in [0.25, 0.3) is 0 Å². The molecule has 19 heavy (non-hydrogen) atoms. The summed E-state index contributed by atoms with van der Waals surface area (Å²) in [5, 5.41) is 12.0. The molecule has 0 bridgehead atoms. The molecule has 0 aliphatic rings. The van der Waals surface area contributed by atoms with Crippen molar-refractivity contribution in [3.63, 3.8) is 0 Å². The third kappa shape index (κ3) is 120. The van der Waals surface area contributed by atoms with E-state index in [0.29, 0.717) is 10.3 Å². The number of rotatable bonds is 0. The average Bonchev–Trinajstić information content (AvgIpc) is 2.09. The van der Waals surface area contributed by atoms with Crippen LogP contribution in [0.3, 0.4) is 0 Å². The van der Waals surface area contributed by atoms with E-state index in [9.17, 15) is 0 Å². The van der Waals surface area contributed by atoms with E-state index in [2.05, 4.69) is 41.5 Å². The first-order chi connectivity index (χ1) is 6.71. The first-order valence-electron chi connectivity index (χ1n) is 4.04. The van der Waals surface area contributed by atoms with Gasteiger partial charge in [-0.3, -0.25) is 18.8 Å². The number of hydrogen-bond donors (Lipinski definition) is 2. The molecule has 11 heteroatoms. The second-order valence-corrected chi connectivity index (χ2v) is 7.88. The Hall–Kier alpha value is 0.444. The second-order valence-electron chi connectivity index (χ2n) is 4.62. The quantitative estimate of drug-likeness (QED) is 0.393. The molecular formula is C8H26F6O3PTi+. The van der Waals surface area contributed by atoms with Crippen LogP contribution in [0.4, 0.5) is 27.9 Å². The van der Waals surface area contributed by atoms with Crippen LogP contribution >= 0.6 is 8.58 Å². The van der Waals surface area contributed by atoms with Crippen molar-refractivity contribution < 1.29 is 63.6 Å². The molecule has 0 heterocycles. The molecule has 0 aromatic heterocycles. The summed E-state index contributed by atoms with van der Waals surface area (Å²) in [6, 6.07) is 0. The van der Waals surface area contributed by atoms with Crippen molar-refractivity contribution in [3.05, 3.63) is 0 Å². The van der Waals surface area contributed by atoms with Crippen molar-refractivity contribution in [2.75, 3.05) is 0 Å². The topological polar surface area (TPSA) is 57.5 Å². The Labute approximate surface area is 124 Å². The van der Waals surface area contributed by atoms with Crippen molar-refractivity contribution in [1.82, 2.24) is 0 Å². The minimum absolute atomic E-state index is 0. The van der Waals surface area contributed by atoms with Gasteiger partial charge in [0, 0.05) is 0 Å². The Morgan fingerprint density at radius 2 is 0.842 bits per heavy atom.